The Morgan fingerprint density at radius 1 is 1.20 bits per heavy atom. The van der Waals surface area contributed by atoms with Crippen molar-refractivity contribution in [2.75, 3.05) is 0 Å². The van der Waals surface area contributed by atoms with E-state index < -0.39 is 0 Å². The molecule has 1 heterocycles. The Kier molecular flexibility index (Phi) is 4.95. The third-order valence-corrected chi connectivity index (χ3v) is 3.59. The van der Waals surface area contributed by atoms with Crippen LogP contribution in [-0.4, -0.2) is 28.2 Å². The molecule has 7 heteroatoms. The van der Waals surface area contributed by atoms with Crippen LogP contribution in [0.25, 0.3) is 11.0 Å². The second kappa shape index (κ2) is 7.31. The molecule has 2 aromatic carbocycles. The summed E-state index contributed by atoms with van der Waals surface area (Å²) in [4.78, 5) is 18.2. The topological polar surface area (TPSA) is 82.3 Å². The first-order valence-corrected chi connectivity index (χ1v) is 8.24. The van der Waals surface area contributed by atoms with E-state index in [1.807, 2.05) is 38.1 Å². The lowest BCUT2D eigenvalue weighted by Crippen LogP contribution is -2.17. The molecule has 0 aliphatic rings. The fourth-order valence-corrected chi connectivity index (χ4v) is 2.56. The largest absolute Gasteiger partial charge is 0.491 e. The molecule has 0 aliphatic carbocycles. The molecule has 3 N–H and O–H groups in total. The third-order valence-electron chi connectivity index (χ3n) is 3.39. The molecule has 25 heavy (non-hydrogen) atoms. The van der Waals surface area contributed by atoms with Gasteiger partial charge in [0.05, 0.1) is 23.4 Å². The fraction of sp³-hybridized carbons (Fsp3) is 0.167. The van der Waals surface area contributed by atoms with Crippen molar-refractivity contribution in [1.82, 2.24) is 15.4 Å². The molecule has 0 bridgehead atoms. The number of hydrogen-bond acceptors (Lipinski definition) is 4. The van der Waals surface area contributed by atoms with Gasteiger partial charge in [0.25, 0.3) is 5.91 Å². The Bertz CT molecular complexity index is 988. The van der Waals surface area contributed by atoms with Gasteiger partial charge in [0.2, 0.25) is 0 Å². The van der Waals surface area contributed by atoms with Crippen LogP contribution < -0.4 is 10.2 Å². The number of amides is 1. The Morgan fingerprint density at radius 3 is 2.80 bits per heavy atom. The maximum atomic E-state index is 12.2. The van der Waals surface area contributed by atoms with Crippen LogP contribution in [0.4, 0.5) is 0 Å². The van der Waals surface area contributed by atoms with E-state index in [0.29, 0.717) is 10.3 Å². The van der Waals surface area contributed by atoms with E-state index in [0.717, 1.165) is 22.3 Å². The van der Waals surface area contributed by atoms with Gasteiger partial charge in [-0.3, -0.25) is 4.79 Å². The van der Waals surface area contributed by atoms with Gasteiger partial charge in [0.1, 0.15) is 5.75 Å². The summed E-state index contributed by atoms with van der Waals surface area (Å²) in [5.41, 5.74) is 5.48. The predicted molar refractivity (Wildman–Crippen MR) is 101 cm³/mol. The molecular formula is C18H18N4O2S. The van der Waals surface area contributed by atoms with Crippen molar-refractivity contribution >= 4 is 35.4 Å². The van der Waals surface area contributed by atoms with Gasteiger partial charge in [-0.15, -0.1) is 0 Å². The molecule has 0 saturated carbocycles. The van der Waals surface area contributed by atoms with Crippen molar-refractivity contribution < 1.29 is 9.53 Å². The van der Waals surface area contributed by atoms with E-state index >= 15 is 0 Å². The van der Waals surface area contributed by atoms with E-state index in [-0.39, 0.29) is 12.0 Å². The summed E-state index contributed by atoms with van der Waals surface area (Å²) in [7, 11) is 0. The van der Waals surface area contributed by atoms with Crippen LogP contribution >= 0.6 is 12.2 Å². The molecule has 1 amide bonds. The minimum absolute atomic E-state index is 0.0997. The quantitative estimate of drug-likeness (QED) is 0.370. The lowest BCUT2D eigenvalue weighted by molar-refractivity contribution is 0.0955. The smallest absolute Gasteiger partial charge is 0.271 e. The maximum absolute atomic E-state index is 12.2. The summed E-state index contributed by atoms with van der Waals surface area (Å²) in [5.74, 6) is 0.465. The second-order valence-electron chi connectivity index (χ2n) is 5.78. The molecule has 0 saturated heterocycles. The lowest BCUT2D eigenvalue weighted by Gasteiger charge is -2.09. The molecule has 0 aliphatic heterocycles. The second-order valence-corrected chi connectivity index (χ2v) is 6.19. The molecule has 6 nitrogen and oxygen atoms in total. The van der Waals surface area contributed by atoms with Gasteiger partial charge in [-0.1, -0.05) is 12.1 Å². The average molecular weight is 354 g/mol. The lowest BCUT2D eigenvalue weighted by atomic mass is 10.2. The zero-order valence-electron chi connectivity index (χ0n) is 13.9. The number of carbonyl (C=O) groups excluding carboxylic acids is 1. The number of nitrogens with zero attached hydrogens (tertiary/aromatic N) is 1. The zero-order valence-corrected chi connectivity index (χ0v) is 14.7. The highest BCUT2D eigenvalue weighted by atomic mass is 32.1. The highest BCUT2D eigenvalue weighted by Gasteiger charge is 2.06. The summed E-state index contributed by atoms with van der Waals surface area (Å²) in [6.07, 6.45) is 1.68. The predicted octanol–water partition coefficient (Wildman–Crippen LogP) is 3.78. The van der Waals surface area contributed by atoms with Gasteiger partial charge in [0.15, 0.2) is 4.77 Å². The molecule has 3 aromatic rings. The Balaban J connectivity index is 1.68. The van der Waals surface area contributed by atoms with Crippen LogP contribution in [0.1, 0.15) is 29.8 Å². The number of imidazole rings is 1. The molecule has 0 spiro atoms. The van der Waals surface area contributed by atoms with E-state index in [1.54, 1.807) is 24.4 Å². The normalized spacial score (nSPS) is 11.3. The van der Waals surface area contributed by atoms with Gasteiger partial charge in [0, 0.05) is 5.56 Å². The summed E-state index contributed by atoms with van der Waals surface area (Å²) < 4.78 is 6.15. The van der Waals surface area contributed by atoms with Gasteiger partial charge in [-0.05, 0) is 62.0 Å². The Morgan fingerprint density at radius 2 is 2.00 bits per heavy atom. The van der Waals surface area contributed by atoms with E-state index in [2.05, 4.69) is 20.5 Å². The van der Waals surface area contributed by atoms with Crippen LogP contribution in [-0.2, 0) is 0 Å². The first kappa shape index (κ1) is 16.9. The average Bonchev–Trinajstić information content (AvgIpc) is 2.93. The molecule has 128 valence electrons. The van der Waals surface area contributed by atoms with E-state index in [1.165, 1.54) is 0 Å². The summed E-state index contributed by atoms with van der Waals surface area (Å²) in [5, 5.41) is 4.00. The molecular weight excluding hydrogens is 336 g/mol. The number of nitrogens with one attached hydrogen (secondary N) is 3. The van der Waals surface area contributed by atoms with Gasteiger partial charge < -0.3 is 14.7 Å². The van der Waals surface area contributed by atoms with Gasteiger partial charge in [-0.2, -0.15) is 5.10 Å². The van der Waals surface area contributed by atoms with Crippen molar-refractivity contribution in [2.24, 2.45) is 5.10 Å². The van der Waals surface area contributed by atoms with Crippen molar-refractivity contribution in [3.8, 4) is 5.75 Å². The summed E-state index contributed by atoms with van der Waals surface area (Å²) >= 11 is 5.04. The first-order valence-electron chi connectivity index (χ1n) is 7.83. The Hall–Kier alpha value is -2.93. The molecule has 0 radical (unpaired) electrons. The van der Waals surface area contributed by atoms with Crippen LogP contribution in [0.15, 0.2) is 47.6 Å². The molecule has 1 aromatic heterocycles. The van der Waals surface area contributed by atoms with Gasteiger partial charge in [-0.25, -0.2) is 5.43 Å². The highest BCUT2D eigenvalue weighted by molar-refractivity contribution is 7.71. The standard InChI is InChI=1S/C18H18N4O2S/c1-11(2)24-14-5-3-4-12(8-14)10-19-22-17(23)13-6-7-15-16(9-13)21-18(25)20-15/h3-11H,1-2H3,(H,22,23)(H2,20,21,25)/b19-10-. The molecule has 0 fully saturated rings. The van der Waals surface area contributed by atoms with Crippen LogP contribution in [0.3, 0.4) is 0 Å². The molecule has 0 atom stereocenters. The van der Waals surface area contributed by atoms with Crippen LogP contribution in [0, 0.1) is 4.77 Å². The fourth-order valence-electron chi connectivity index (χ4n) is 2.34. The SMILES string of the molecule is CC(C)Oc1cccc(/C=N\NC(=O)c2ccc3[nH]c(=S)[nH]c3c2)c1. The monoisotopic (exact) mass is 354 g/mol. The number of carbonyl (C=O) groups is 1. The summed E-state index contributed by atoms with van der Waals surface area (Å²) in [6.45, 7) is 3.93. The minimum Gasteiger partial charge on any atom is -0.491 e. The number of ether oxygens (including phenoxy) is 1. The van der Waals surface area contributed by atoms with Gasteiger partial charge >= 0.3 is 0 Å². The maximum Gasteiger partial charge on any atom is 0.271 e. The number of H-pyrrole nitrogens is 2. The van der Waals surface area contributed by atoms with E-state index in [9.17, 15) is 4.79 Å². The number of aromatic amines is 2. The first-order chi connectivity index (χ1) is 12.0. The van der Waals surface area contributed by atoms with Crippen LogP contribution in [0.2, 0.25) is 0 Å². The number of hydrogen-bond donors (Lipinski definition) is 3. The minimum atomic E-state index is -0.298. The van der Waals surface area contributed by atoms with Crippen molar-refractivity contribution in [2.45, 2.75) is 20.0 Å². The molecule has 3 rings (SSSR count). The third kappa shape index (κ3) is 4.33. The van der Waals surface area contributed by atoms with Crippen LogP contribution in [0.5, 0.6) is 5.75 Å². The van der Waals surface area contributed by atoms with E-state index in [4.69, 9.17) is 17.0 Å². The van der Waals surface area contributed by atoms with Crippen molar-refractivity contribution in [3.63, 3.8) is 0 Å². The van der Waals surface area contributed by atoms with Crippen molar-refractivity contribution in [3.05, 3.63) is 58.4 Å². The number of rotatable bonds is 5. The summed E-state index contributed by atoms with van der Waals surface area (Å²) in [6, 6.07) is 12.7. The zero-order chi connectivity index (χ0) is 17.8. The highest BCUT2D eigenvalue weighted by Crippen LogP contribution is 2.14. The van der Waals surface area contributed by atoms with Crippen molar-refractivity contribution in [1.29, 1.82) is 0 Å². The number of fused-ring (bicyclic) bond motifs is 1. The number of hydrazone groups is 1. The Labute approximate surface area is 149 Å². The number of aromatic nitrogens is 2. The molecule has 0 unspecified atom stereocenters. The number of benzene rings is 2.